The van der Waals surface area contributed by atoms with E-state index < -0.39 is 0 Å². The van der Waals surface area contributed by atoms with E-state index in [0.29, 0.717) is 13.2 Å². The van der Waals surface area contributed by atoms with Gasteiger partial charge in [0, 0.05) is 18.5 Å². The molecule has 2 unspecified atom stereocenters. The Labute approximate surface area is 120 Å². The van der Waals surface area contributed by atoms with Crippen molar-refractivity contribution in [3.05, 3.63) is 29.8 Å². The summed E-state index contributed by atoms with van der Waals surface area (Å²) in [7, 11) is 1.66. The van der Waals surface area contributed by atoms with E-state index in [1.54, 1.807) is 7.11 Å². The molecule has 1 fully saturated rings. The van der Waals surface area contributed by atoms with E-state index in [1.165, 1.54) is 5.56 Å². The van der Waals surface area contributed by atoms with Gasteiger partial charge in [0.2, 0.25) is 0 Å². The van der Waals surface area contributed by atoms with Crippen LogP contribution >= 0.6 is 0 Å². The minimum Gasteiger partial charge on any atom is -0.497 e. The normalized spacial score (nSPS) is 25.4. The molecule has 0 saturated carbocycles. The highest BCUT2D eigenvalue weighted by Gasteiger charge is 2.47. The number of rotatable bonds is 5. The van der Waals surface area contributed by atoms with Crippen molar-refractivity contribution in [2.45, 2.75) is 25.7 Å². The number of esters is 1. The SMILES string of the molecule is CCOC(=O)C1CNCC1(CC)c1ccc(OC)cc1. The maximum Gasteiger partial charge on any atom is 0.311 e. The standard InChI is InChI=1S/C16H23NO3/c1-4-16(12-6-8-13(19-3)9-7-12)11-17-10-14(16)15(18)20-5-2/h6-9,14,17H,4-5,10-11H2,1-3H3. The minimum absolute atomic E-state index is 0.102. The summed E-state index contributed by atoms with van der Waals surface area (Å²) in [6.07, 6.45) is 0.899. The van der Waals surface area contributed by atoms with Crippen LogP contribution in [0.1, 0.15) is 25.8 Å². The van der Waals surface area contributed by atoms with Crippen molar-refractivity contribution in [1.29, 1.82) is 0 Å². The first-order valence-corrected chi connectivity index (χ1v) is 7.19. The molecule has 0 amide bonds. The fourth-order valence-electron chi connectivity index (χ4n) is 3.11. The first-order valence-electron chi connectivity index (χ1n) is 7.19. The zero-order valence-electron chi connectivity index (χ0n) is 12.4. The molecule has 0 aliphatic carbocycles. The number of carbonyl (C=O) groups excluding carboxylic acids is 1. The van der Waals surface area contributed by atoms with Gasteiger partial charge in [0.1, 0.15) is 5.75 Å². The molecule has 4 heteroatoms. The van der Waals surface area contributed by atoms with Gasteiger partial charge in [0.15, 0.2) is 0 Å². The molecule has 0 spiro atoms. The predicted octanol–water partition coefficient (Wildman–Crippen LogP) is 2.13. The van der Waals surface area contributed by atoms with Crippen LogP contribution in [0.3, 0.4) is 0 Å². The summed E-state index contributed by atoms with van der Waals surface area (Å²) in [5, 5.41) is 3.35. The second kappa shape index (κ2) is 6.27. The summed E-state index contributed by atoms with van der Waals surface area (Å²) in [5.41, 5.74) is 0.988. The van der Waals surface area contributed by atoms with Crippen molar-refractivity contribution in [1.82, 2.24) is 5.32 Å². The van der Waals surface area contributed by atoms with Crippen LogP contribution in [-0.2, 0) is 14.9 Å². The molecule has 0 bridgehead atoms. The van der Waals surface area contributed by atoms with Gasteiger partial charge in [0.25, 0.3) is 0 Å². The fourth-order valence-corrected chi connectivity index (χ4v) is 3.11. The number of methoxy groups -OCH3 is 1. The number of carbonyl (C=O) groups is 1. The maximum absolute atomic E-state index is 12.2. The van der Waals surface area contributed by atoms with Gasteiger partial charge in [0.05, 0.1) is 19.6 Å². The van der Waals surface area contributed by atoms with Crippen molar-refractivity contribution in [2.75, 3.05) is 26.8 Å². The molecule has 1 aliphatic heterocycles. The molecular formula is C16H23NO3. The quantitative estimate of drug-likeness (QED) is 0.838. The first-order chi connectivity index (χ1) is 9.67. The zero-order valence-corrected chi connectivity index (χ0v) is 12.4. The van der Waals surface area contributed by atoms with Gasteiger partial charge in [-0.05, 0) is 31.0 Å². The van der Waals surface area contributed by atoms with Crippen LogP contribution in [-0.4, -0.2) is 32.8 Å². The second-order valence-electron chi connectivity index (χ2n) is 5.17. The lowest BCUT2D eigenvalue weighted by atomic mass is 9.70. The third-order valence-corrected chi connectivity index (χ3v) is 4.32. The van der Waals surface area contributed by atoms with Gasteiger partial charge in [-0.1, -0.05) is 19.1 Å². The average molecular weight is 277 g/mol. The van der Waals surface area contributed by atoms with E-state index in [0.717, 1.165) is 18.7 Å². The number of nitrogens with one attached hydrogen (secondary N) is 1. The van der Waals surface area contributed by atoms with Gasteiger partial charge < -0.3 is 14.8 Å². The molecule has 0 aromatic heterocycles. The Morgan fingerprint density at radius 2 is 2.05 bits per heavy atom. The summed E-state index contributed by atoms with van der Waals surface area (Å²) in [6.45, 7) is 5.89. The van der Waals surface area contributed by atoms with Crippen LogP contribution in [0.2, 0.25) is 0 Å². The Hall–Kier alpha value is -1.55. The van der Waals surface area contributed by atoms with E-state index in [2.05, 4.69) is 24.4 Å². The van der Waals surface area contributed by atoms with Crippen LogP contribution in [0.25, 0.3) is 0 Å². The largest absolute Gasteiger partial charge is 0.497 e. The Bertz CT molecular complexity index is 457. The lowest BCUT2D eigenvalue weighted by molar-refractivity contribution is -0.149. The van der Waals surface area contributed by atoms with Gasteiger partial charge in [-0.3, -0.25) is 4.79 Å². The highest BCUT2D eigenvalue weighted by atomic mass is 16.5. The summed E-state index contributed by atoms with van der Waals surface area (Å²) < 4.78 is 10.4. The first kappa shape index (κ1) is 14.9. The lowest BCUT2D eigenvalue weighted by Gasteiger charge is -2.33. The van der Waals surface area contributed by atoms with Gasteiger partial charge in [-0.2, -0.15) is 0 Å². The highest BCUT2D eigenvalue weighted by molar-refractivity contribution is 5.76. The van der Waals surface area contributed by atoms with E-state index in [9.17, 15) is 4.79 Å². The predicted molar refractivity (Wildman–Crippen MR) is 78.0 cm³/mol. The monoisotopic (exact) mass is 277 g/mol. The highest BCUT2D eigenvalue weighted by Crippen LogP contribution is 2.39. The molecule has 110 valence electrons. The molecule has 2 atom stereocenters. The molecule has 2 rings (SSSR count). The maximum atomic E-state index is 12.2. The van der Waals surface area contributed by atoms with Crippen LogP contribution in [0, 0.1) is 5.92 Å². The summed E-state index contributed by atoms with van der Waals surface area (Å²) in [4.78, 5) is 12.2. The second-order valence-corrected chi connectivity index (χ2v) is 5.17. The van der Waals surface area contributed by atoms with Crippen molar-refractivity contribution in [3.8, 4) is 5.75 Å². The summed E-state index contributed by atoms with van der Waals surface area (Å²) in [5.74, 6) is 0.606. The van der Waals surface area contributed by atoms with Crippen LogP contribution in [0.5, 0.6) is 5.75 Å². The third-order valence-electron chi connectivity index (χ3n) is 4.32. The van der Waals surface area contributed by atoms with Gasteiger partial charge >= 0.3 is 5.97 Å². The van der Waals surface area contributed by atoms with E-state index in [1.807, 2.05) is 19.1 Å². The molecule has 0 radical (unpaired) electrons. The van der Waals surface area contributed by atoms with Crippen LogP contribution < -0.4 is 10.1 Å². The van der Waals surface area contributed by atoms with E-state index in [4.69, 9.17) is 9.47 Å². The smallest absolute Gasteiger partial charge is 0.311 e. The Morgan fingerprint density at radius 1 is 1.35 bits per heavy atom. The van der Waals surface area contributed by atoms with Crippen LogP contribution in [0.4, 0.5) is 0 Å². The fraction of sp³-hybridized carbons (Fsp3) is 0.562. The average Bonchev–Trinajstić information content (AvgIpc) is 2.93. The van der Waals surface area contributed by atoms with Crippen molar-refractivity contribution in [2.24, 2.45) is 5.92 Å². The van der Waals surface area contributed by atoms with Crippen LogP contribution in [0.15, 0.2) is 24.3 Å². The summed E-state index contributed by atoms with van der Waals surface area (Å²) >= 11 is 0. The van der Waals surface area contributed by atoms with E-state index >= 15 is 0 Å². The number of benzene rings is 1. The number of hydrogen-bond acceptors (Lipinski definition) is 4. The molecular weight excluding hydrogens is 254 g/mol. The van der Waals surface area contributed by atoms with Crippen molar-refractivity contribution in [3.63, 3.8) is 0 Å². The zero-order chi connectivity index (χ0) is 14.6. The molecule has 1 aromatic carbocycles. The number of hydrogen-bond donors (Lipinski definition) is 1. The summed E-state index contributed by atoms with van der Waals surface area (Å²) in [6, 6.07) is 8.02. The van der Waals surface area contributed by atoms with Crippen molar-refractivity contribution >= 4 is 5.97 Å². The molecule has 1 saturated heterocycles. The topological polar surface area (TPSA) is 47.6 Å². The molecule has 1 aliphatic rings. The molecule has 4 nitrogen and oxygen atoms in total. The molecule has 20 heavy (non-hydrogen) atoms. The minimum atomic E-state index is -0.182. The van der Waals surface area contributed by atoms with Gasteiger partial charge in [-0.15, -0.1) is 0 Å². The Morgan fingerprint density at radius 3 is 2.60 bits per heavy atom. The van der Waals surface area contributed by atoms with Gasteiger partial charge in [-0.25, -0.2) is 0 Å². The van der Waals surface area contributed by atoms with E-state index in [-0.39, 0.29) is 17.3 Å². The Balaban J connectivity index is 2.33. The number of ether oxygens (including phenoxy) is 2. The molecule has 1 aromatic rings. The van der Waals surface area contributed by atoms with Crippen molar-refractivity contribution < 1.29 is 14.3 Å². The molecule has 1 N–H and O–H groups in total. The Kier molecular flexibility index (Phi) is 4.65. The lowest BCUT2D eigenvalue weighted by Crippen LogP contribution is -2.39. The molecule has 1 heterocycles. The third kappa shape index (κ3) is 2.52.